The molecule has 0 rings (SSSR count). The van der Waals surface area contributed by atoms with Gasteiger partial charge in [0, 0.05) is 5.41 Å². The monoisotopic (exact) mass is 204 g/mol. The van der Waals surface area contributed by atoms with Crippen LogP contribution in [0, 0.1) is 11.3 Å². The quantitative estimate of drug-likeness (QED) is 0.600. The standard InChI is InChI=1S/C10H20O4/c1-4-7(9(13)14)8(12)10(3,5-2)6-11/h7-8,11-12H,4-6H2,1-3H3,(H,13,14). The average Bonchev–Trinajstić information content (AvgIpc) is 2.17. The molecular formula is C10H20O4. The number of hydrogen-bond donors (Lipinski definition) is 3. The topological polar surface area (TPSA) is 77.8 Å². The van der Waals surface area contributed by atoms with Crippen LogP contribution >= 0.6 is 0 Å². The van der Waals surface area contributed by atoms with Crippen molar-refractivity contribution in [3.63, 3.8) is 0 Å². The SMILES string of the molecule is CCC(C(=O)O)C(O)C(C)(CC)CO. The highest BCUT2D eigenvalue weighted by Crippen LogP contribution is 2.31. The van der Waals surface area contributed by atoms with Crippen molar-refractivity contribution in [3.8, 4) is 0 Å². The van der Waals surface area contributed by atoms with E-state index in [-0.39, 0.29) is 6.61 Å². The van der Waals surface area contributed by atoms with E-state index < -0.39 is 23.4 Å². The summed E-state index contributed by atoms with van der Waals surface area (Å²) in [5, 5.41) is 27.8. The van der Waals surface area contributed by atoms with Gasteiger partial charge in [-0.05, 0) is 12.8 Å². The maximum Gasteiger partial charge on any atom is 0.309 e. The number of carbonyl (C=O) groups is 1. The van der Waals surface area contributed by atoms with Crippen LogP contribution in [0.4, 0.5) is 0 Å². The van der Waals surface area contributed by atoms with Crippen LogP contribution < -0.4 is 0 Å². The summed E-state index contributed by atoms with van der Waals surface area (Å²) in [6, 6.07) is 0. The summed E-state index contributed by atoms with van der Waals surface area (Å²) < 4.78 is 0. The second-order valence-electron chi connectivity index (χ2n) is 3.96. The minimum Gasteiger partial charge on any atom is -0.481 e. The summed E-state index contributed by atoms with van der Waals surface area (Å²) >= 11 is 0. The normalized spacial score (nSPS) is 19.8. The molecule has 0 aliphatic carbocycles. The Balaban J connectivity index is 4.70. The van der Waals surface area contributed by atoms with Gasteiger partial charge in [0.1, 0.15) is 0 Å². The number of carboxylic acid groups (broad SMARTS) is 1. The molecule has 0 spiro atoms. The molecule has 0 aromatic rings. The minimum atomic E-state index is -1.01. The fourth-order valence-electron chi connectivity index (χ4n) is 1.43. The molecule has 3 N–H and O–H groups in total. The van der Waals surface area contributed by atoms with E-state index >= 15 is 0 Å². The highest BCUT2D eigenvalue weighted by atomic mass is 16.4. The van der Waals surface area contributed by atoms with Gasteiger partial charge in [0.05, 0.1) is 18.6 Å². The molecule has 0 radical (unpaired) electrons. The molecule has 0 aromatic carbocycles. The molecule has 0 aliphatic heterocycles. The first-order chi connectivity index (χ1) is 6.42. The molecule has 0 amide bonds. The first kappa shape index (κ1) is 13.4. The van der Waals surface area contributed by atoms with Crippen LogP contribution in [0.15, 0.2) is 0 Å². The largest absolute Gasteiger partial charge is 0.481 e. The van der Waals surface area contributed by atoms with Crippen molar-refractivity contribution < 1.29 is 20.1 Å². The molecule has 0 saturated heterocycles. The first-order valence-electron chi connectivity index (χ1n) is 4.94. The number of carboxylic acids is 1. The lowest BCUT2D eigenvalue weighted by molar-refractivity contribution is -0.151. The Labute approximate surface area is 84.6 Å². The lowest BCUT2D eigenvalue weighted by Gasteiger charge is -2.34. The third-order valence-electron chi connectivity index (χ3n) is 3.02. The van der Waals surface area contributed by atoms with Gasteiger partial charge < -0.3 is 15.3 Å². The summed E-state index contributed by atoms with van der Waals surface area (Å²) in [7, 11) is 0. The number of rotatable bonds is 6. The number of aliphatic hydroxyl groups excluding tert-OH is 2. The number of hydrogen-bond acceptors (Lipinski definition) is 3. The van der Waals surface area contributed by atoms with Crippen molar-refractivity contribution in [1.82, 2.24) is 0 Å². The zero-order chi connectivity index (χ0) is 11.4. The van der Waals surface area contributed by atoms with Crippen molar-refractivity contribution >= 4 is 5.97 Å². The van der Waals surface area contributed by atoms with E-state index in [1.54, 1.807) is 13.8 Å². The Kier molecular flexibility index (Phi) is 5.08. The van der Waals surface area contributed by atoms with Crippen LogP contribution in [0.3, 0.4) is 0 Å². The fraction of sp³-hybridized carbons (Fsp3) is 0.900. The van der Waals surface area contributed by atoms with E-state index in [4.69, 9.17) is 10.2 Å². The van der Waals surface area contributed by atoms with Gasteiger partial charge in [-0.15, -0.1) is 0 Å². The molecule has 0 aliphatic rings. The molecule has 0 aromatic heterocycles. The zero-order valence-corrected chi connectivity index (χ0v) is 9.03. The third kappa shape index (κ3) is 2.69. The van der Waals surface area contributed by atoms with Crippen LogP contribution in [0.1, 0.15) is 33.6 Å². The summed E-state index contributed by atoms with van der Waals surface area (Å²) in [6.07, 6.45) is -0.0828. The summed E-state index contributed by atoms with van der Waals surface area (Å²) in [4.78, 5) is 10.8. The summed E-state index contributed by atoms with van der Waals surface area (Å²) in [5.74, 6) is -1.81. The van der Waals surface area contributed by atoms with Crippen molar-refractivity contribution in [3.05, 3.63) is 0 Å². The van der Waals surface area contributed by atoms with Gasteiger partial charge in [-0.2, -0.15) is 0 Å². The third-order valence-corrected chi connectivity index (χ3v) is 3.02. The Morgan fingerprint density at radius 3 is 2.14 bits per heavy atom. The smallest absolute Gasteiger partial charge is 0.309 e. The maximum absolute atomic E-state index is 10.8. The van der Waals surface area contributed by atoms with E-state index in [0.29, 0.717) is 12.8 Å². The average molecular weight is 204 g/mol. The first-order valence-corrected chi connectivity index (χ1v) is 4.94. The Morgan fingerprint density at radius 1 is 1.43 bits per heavy atom. The highest BCUT2D eigenvalue weighted by molar-refractivity contribution is 5.70. The van der Waals surface area contributed by atoms with Gasteiger partial charge in [0.15, 0.2) is 0 Å². The summed E-state index contributed by atoms with van der Waals surface area (Å²) in [6.45, 7) is 5.04. The Hall–Kier alpha value is -0.610. The molecule has 4 nitrogen and oxygen atoms in total. The molecule has 4 heteroatoms. The van der Waals surface area contributed by atoms with E-state index in [1.807, 2.05) is 6.92 Å². The molecule has 0 saturated carbocycles. The van der Waals surface area contributed by atoms with Crippen LogP contribution in [0.25, 0.3) is 0 Å². The van der Waals surface area contributed by atoms with E-state index in [0.717, 1.165) is 0 Å². The van der Waals surface area contributed by atoms with E-state index in [2.05, 4.69) is 0 Å². The van der Waals surface area contributed by atoms with Gasteiger partial charge in [-0.1, -0.05) is 20.8 Å². The Morgan fingerprint density at radius 2 is 1.93 bits per heavy atom. The molecule has 14 heavy (non-hydrogen) atoms. The summed E-state index contributed by atoms with van der Waals surface area (Å²) in [5.41, 5.74) is -0.723. The van der Waals surface area contributed by atoms with Crippen molar-refractivity contribution in [2.45, 2.75) is 39.7 Å². The zero-order valence-electron chi connectivity index (χ0n) is 9.03. The fourth-order valence-corrected chi connectivity index (χ4v) is 1.43. The molecule has 0 bridgehead atoms. The number of aliphatic hydroxyl groups is 2. The lowest BCUT2D eigenvalue weighted by atomic mass is 9.75. The van der Waals surface area contributed by atoms with Gasteiger partial charge >= 0.3 is 5.97 Å². The second-order valence-corrected chi connectivity index (χ2v) is 3.96. The molecule has 3 unspecified atom stereocenters. The van der Waals surface area contributed by atoms with Gasteiger partial charge in [-0.3, -0.25) is 4.79 Å². The van der Waals surface area contributed by atoms with Crippen LogP contribution in [0.2, 0.25) is 0 Å². The number of aliphatic carboxylic acids is 1. The van der Waals surface area contributed by atoms with Gasteiger partial charge in [0.2, 0.25) is 0 Å². The van der Waals surface area contributed by atoms with E-state index in [1.165, 1.54) is 0 Å². The molecule has 0 fully saturated rings. The van der Waals surface area contributed by atoms with E-state index in [9.17, 15) is 9.90 Å². The predicted molar refractivity (Wildman–Crippen MR) is 52.9 cm³/mol. The maximum atomic E-state index is 10.8. The highest BCUT2D eigenvalue weighted by Gasteiger charge is 2.38. The lowest BCUT2D eigenvalue weighted by Crippen LogP contribution is -2.43. The molecule has 3 atom stereocenters. The van der Waals surface area contributed by atoms with Crippen LogP contribution in [-0.4, -0.2) is 34.0 Å². The van der Waals surface area contributed by atoms with Crippen molar-refractivity contribution in [2.24, 2.45) is 11.3 Å². The molecular weight excluding hydrogens is 184 g/mol. The van der Waals surface area contributed by atoms with Gasteiger partial charge in [0.25, 0.3) is 0 Å². The predicted octanol–water partition coefficient (Wildman–Crippen LogP) is 0.867. The second kappa shape index (κ2) is 5.32. The van der Waals surface area contributed by atoms with Crippen molar-refractivity contribution in [2.75, 3.05) is 6.61 Å². The van der Waals surface area contributed by atoms with Crippen LogP contribution in [-0.2, 0) is 4.79 Å². The van der Waals surface area contributed by atoms with Crippen molar-refractivity contribution in [1.29, 1.82) is 0 Å². The van der Waals surface area contributed by atoms with Gasteiger partial charge in [-0.25, -0.2) is 0 Å². The molecule has 84 valence electrons. The van der Waals surface area contributed by atoms with Crippen LogP contribution in [0.5, 0.6) is 0 Å². The minimum absolute atomic E-state index is 0.200. The molecule has 0 heterocycles. The Bertz CT molecular complexity index is 187.